The van der Waals surface area contributed by atoms with Crippen molar-refractivity contribution in [1.82, 2.24) is 4.90 Å². The van der Waals surface area contributed by atoms with Gasteiger partial charge in [-0.1, -0.05) is 24.6 Å². The first-order chi connectivity index (χ1) is 6.31. The fourth-order valence-electron chi connectivity index (χ4n) is 2.46. The summed E-state index contributed by atoms with van der Waals surface area (Å²) in [7, 11) is 2.25. The fourth-order valence-corrected chi connectivity index (χ4v) is 2.46. The zero-order valence-electron chi connectivity index (χ0n) is 8.71. The topological polar surface area (TPSA) is 3.24 Å². The first-order valence-corrected chi connectivity index (χ1v) is 5.40. The van der Waals surface area contributed by atoms with Gasteiger partial charge in [-0.3, -0.25) is 4.90 Å². The smallest absolute Gasteiger partial charge is 0.0311 e. The zero-order valence-corrected chi connectivity index (χ0v) is 8.71. The minimum Gasteiger partial charge on any atom is -0.300 e. The molecule has 0 saturated carbocycles. The fraction of sp³-hybridized carbons (Fsp3) is 0.667. The first kappa shape index (κ1) is 9.01. The lowest BCUT2D eigenvalue weighted by Gasteiger charge is -2.21. The first-order valence-electron chi connectivity index (χ1n) is 5.40. The van der Waals surface area contributed by atoms with Gasteiger partial charge in [-0.05, 0) is 44.8 Å². The zero-order chi connectivity index (χ0) is 9.26. The summed E-state index contributed by atoms with van der Waals surface area (Å²) in [4.78, 5) is 2.50. The van der Waals surface area contributed by atoms with Crippen LogP contribution in [0.5, 0.6) is 0 Å². The molecule has 0 amide bonds. The van der Waals surface area contributed by atoms with Crippen molar-refractivity contribution in [3.8, 4) is 0 Å². The molecule has 1 heteroatoms. The summed E-state index contributed by atoms with van der Waals surface area (Å²) in [5.74, 6) is 0. The van der Waals surface area contributed by atoms with Gasteiger partial charge in [0.05, 0.1) is 0 Å². The van der Waals surface area contributed by atoms with Crippen LogP contribution in [0.1, 0.15) is 32.6 Å². The van der Waals surface area contributed by atoms with E-state index in [1.807, 2.05) is 0 Å². The molecule has 0 spiro atoms. The predicted molar refractivity (Wildman–Crippen MR) is 56.7 cm³/mol. The van der Waals surface area contributed by atoms with E-state index >= 15 is 0 Å². The second kappa shape index (κ2) is 3.67. The Bertz CT molecular complexity index is 250. The van der Waals surface area contributed by atoms with Gasteiger partial charge in [0, 0.05) is 6.04 Å². The average molecular weight is 177 g/mol. The van der Waals surface area contributed by atoms with Gasteiger partial charge in [-0.25, -0.2) is 0 Å². The highest BCUT2D eigenvalue weighted by atomic mass is 15.1. The van der Waals surface area contributed by atoms with Crippen LogP contribution >= 0.6 is 0 Å². The Hall–Kier alpha value is -0.560. The van der Waals surface area contributed by atoms with E-state index in [0.29, 0.717) is 0 Å². The number of likely N-dealkylation sites (N-methyl/N-ethyl adjacent to an activating group) is 1. The number of rotatable bonds is 2. The van der Waals surface area contributed by atoms with Crippen LogP contribution in [-0.2, 0) is 0 Å². The van der Waals surface area contributed by atoms with Gasteiger partial charge in [-0.2, -0.15) is 0 Å². The van der Waals surface area contributed by atoms with Crippen molar-refractivity contribution < 1.29 is 0 Å². The van der Waals surface area contributed by atoms with Crippen LogP contribution in [0.2, 0.25) is 0 Å². The highest BCUT2D eigenvalue weighted by molar-refractivity contribution is 5.33. The molecule has 2 aliphatic rings. The van der Waals surface area contributed by atoms with E-state index < -0.39 is 0 Å². The molecule has 0 bridgehead atoms. The van der Waals surface area contributed by atoms with E-state index in [2.05, 4.69) is 31.0 Å². The van der Waals surface area contributed by atoms with Crippen LogP contribution in [0.3, 0.4) is 0 Å². The van der Waals surface area contributed by atoms with Crippen LogP contribution in [-0.4, -0.2) is 24.5 Å². The Balaban J connectivity index is 1.98. The van der Waals surface area contributed by atoms with Gasteiger partial charge in [0.2, 0.25) is 0 Å². The number of hydrogen-bond donors (Lipinski definition) is 0. The van der Waals surface area contributed by atoms with E-state index in [1.165, 1.54) is 32.2 Å². The minimum atomic E-state index is 0.750. The van der Waals surface area contributed by atoms with Crippen molar-refractivity contribution in [2.45, 2.75) is 38.6 Å². The lowest BCUT2D eigenvalue weighted by atomic mass is 10.0. The van der Waals surface area contributed by atoms with Crippen LogP contribution in [0.4, 0.5) is 0 Å². The molecule has 0 radical (unpaired) electrons. The molecular formula is C12H19N. The molecule has 1 aliphatic heterocycles. The number of hydrogen-bond acceptors (Lipinski definition) is 1. The maximum Gasteiger partial charge on any atom is 0.0311 e. The molecule has 13 heavy (non-hydrogen) atoms. The molecule has 1 saturated heterocycles. The summed E-state index contributed by atoms with van der Waals surface area (Å²) in [5, 5.41) is 0. The highest BCUT2D eigenvalue weighted by Crippen LogP contribution is 2.30. The van der Waals surface area contributed by atoms with Gasteiger partial charge in [0.15, 0.2) is 0 Å². The molecule has 0 aromatic heterocycles. The summed E-state index contributed by atoms with van der Waals surface area (Å²) in [6, 6.07) is 0.750. The van der Waals surface area contributed by atoms with Crippen LogP contribution in [0.15, 0.2) is 23.3 Å². The second-order valence-electron chi connectivity index (χ2n) is 4.24. The predicted octanol–water partition coefficient (Wildman–Crippen LogP) is 2.75. The standard InChI is InChI=1S/C12H19N/c1-3-10-6-7-11(9-10)12-5-4-8-13(12)2/h6-7,12H,3-5,8-9H2,1-2H3. The van der Waals surface area contributed by atoms with Crippen molar-refractivity contribution in [3.05, 3.63) is 23.3 Å². The van der Waals surface area contributed by atoms with E-state index in [0.717, 1.165) is 6.04 Å². The van der Waals surface area contributed by atoms with E-state index in [-0.39, 0.29) is 0 Å². The van der Waals surface area contributed by atoms with Gasteiger partial charge in [0.1, 0.15) is 0 Å². The monoisotopic (exact) mass is 177 g/mol. The number of nitrogens with zero attached hydrogens (tertiary/aromatic N) is 1. The Labute approximate surface area is 81.1 Å². The molecule has 2 rings (SSSR count). The quantitative estimate of drug-likeness (QED) is 0.627. The summed E-state index contributed by atoms with van der Waals surface area (Å²) in [6.07, 6.45) is 9.88. The molecule has 72 valence electrons. The van der Waals surface area contributed by atoms with E-state index in [9.17, 15) is 0 Å². The summed E-state index contributed by atoms with van der Waals surface area (Å²) < 4.78 is 0. The van der Waals surface area contributed by atoms with Crippen molar-refractivity contribution in [3.63, 3.8) is 0 Å². The highest BCUT2D eigenvalue weighted by Gasteiger charge is 2.25. The summed E-state index contributed by atoms with van der Waals surface area (Å²) >= 11 is 0. The summed E-state index contributed by atoms with van der Waals surface area (Å²) in [6.45, 7) is 3.53. The van der Waals surface area contributed by atoms with Crippen LogP contribution < -0.4 is 0 Å². The Kier molecular flexibility index (Phi) is 2.54. The lowest BCUT2D eigenvalue weighted by Crippen LogP contribution is -2.26. The molecule has 0 aromatic rings. The maximum atomic E-state index is 2.50. The van der Waals surface area contributed by atoms with Gasteiger partial charge in [-0.15, -0.1) is 0 Å². The molecular weight excluding hydrogens is 158 g/mol. The van der Waals surface area contributed by atoms with Crippen LogP contribution in [0, 0.1) is 0 Å². The van der Waals surface area contributed by atoms with Crippen LogP contribution in [0.25, 0.3) is 0 Å². The average Bonchev–Trinajstić information content (AvgIpc) is 2.71. The molecule has 1 unspecified atom stereocenters. The number of allylic oxidation sites excluding steroid dienone is 3. The Morgan fingerprint density at radius 3 is 2.85 bits per heavy atom. The maximum absolute atomic E-state index is 2.50. The molecule has 1 fully saturated rings. The minimum absolute atomic E-state index is 0.750. The third kappa shape index (κ3) is 1.71. The van der Waals surface area contributed by atoms with Crippen molar-refractivity contribution in [2.75, 3.05) is 13.6 Å². The van der Waals surface area contributed by atoms with Crippen molar-refractivity contribution >= 4 is 0 Å². The third-order valence-electron chi connectivity index (χ3n) is 3.37. The SMILES string of the molecule is CCC1=CC=C(C2CCCN2C)C1. The van der Waals surface area contributed by atoms with Crippen molar-refractivity contribution in [2.24, 2.45) is 0 Å². The molecule has 0 N–H and O–H groups in total. The molecule has 1 heterocycles. The Morgan fingerprint density at radius 2 is 2.31 bits per heavy atom. The largest absolute Gasteiger partial charge is 0.300 e. The van der Waals surface area contributed by atoms with Crippen molar-refractivity contribution in [1.29, 1.82) is 0 Å². The summed E-state index contributed by atoms with van der Waals surface area (Å²) in [5.41, 5.74) is 3.26. The molecule has 1 aliphatic carbocycles. The third-order valence-corrected chi connectivity index (χ3v) is 3.37. The van der Waals surface area contributed by atoms with Gasteiger partial charge >= 0.3 is 0 Å². The normalized spacial score (nSPS) is 29.2. The lowest BCUT2D eigenvalue weighted by molar-refractivity contribution is 0.342. The molecule has 1 atom stereocenters. The number of likely N-dealkylation sites (tertiary alicyclic amines) is 1. The van der Waals surface area contributed by atoms with Gasteiger partial charge in [0.25, 0.3) is 0 Å². The van der Waals surface area contributed by atoms with E-state index in [1.54, 1.807) is 11.1 Å². The molecule has 1 nitrogen and oxygen atoms in total. The second-order valence-corrected chi connectivity index (χ2v) is 4.24. The Morgan fingerprint density at radius 1 is 1.46 bits per heavy atom. The van der Waals surface area contributed by atoms with E-state index in [4.69, 9.17) is 0 Å². The van der Waals surface area contributed by atoms with Gasteiger partial charge < -0.3 is 0 Å². The molecule has 0 aromatic carbocycles.